The molecule has 2 aliphatic rings. The number of pyridine rings is 1. The van der Waals surface area contributed by atoms with Crippen LogP contribution in [-0.4, -0.2) is 63.1 Å². The lowest BCUT2D eigenvalue weighted by Crippen LogP contribution is -2.45. The first-order valence-corrected chi connectivity index (χ1v) is 19.1. The number of rotatable bonds is 11. The van der Waals surface area contributed by atoms with Crippen LogP contribution in [0.25, 0.3) is 10.9 Å². The zero-order valence-corrected chi connectivity index (χ0v) is 30.3. The van der Waals surface area contributed by atoms with Gasteiger partial charge in [0.05, 0.1) is 43.5 Å². The normalized spacial score (nSPS) is 19.5. The van der Waals surface area contributed by atoms with Crippen molar-refractivity contribution >= 4 is 42.7 Å². The van der Waals surface area contributed by atoms with E-state index in [0.29, 0.717) is 47.4 Å². The van der Waals surface area contributed by atoms with Crippen molar-refractivity contribution in [2.24, 2.45) is 5.92 Å². The predicted molar refractivity (Wildman–Crippen MR) is 183 cm³/mol. The third kappa shape index (κ3) is 6.99. The van der Waals surface area contributed by atoms with Crippen LogP contribution in [0.3, 0.4) is 0 Å². The second kappa shape index (κ2) is 14.0. The summed E-state index contributed by atoms with van der Waals surface area (Å²) in [7, 11) is 0.637. The smallest absolute Gasteiger partial charge is 0.343 e. The molecule has 0 spiro atoms. The number of benzene rings is 1. The maximum atomic E-state index is 15.5. The van der Waals surface area contributed by atoms with Crippen molar-refractivity contribution in [1.29, 1.82) is 0 Å². The number of allylic oxidation sites excluding steroid dienone is 2. The van der Waals surface area contributed by atoms with Crippen LogP contribution in [-0.2, 0) is 20.4 Å². The molecule has 1 aliphatic heterocycles. The predicted octanol–water partition coefficient (Wildman–Crippen LogP) is 7.69. The molecule has 252 valence electrons. The summed E-state index contributed by atoms with van der Waals surface area (Å²) in [5.74, 6) is -0.694. The Bertz CT molecular complexity index is 1630. The maximum absolute atomic E-state index is 15.5. The maximum Gasteiger partial charge on any atom is 0.343 e. The summed E-state index contributed by atoms with van der Waals surface area (Å²) in [6.07, 6.45) is 4.78. The lowest BCUT2D eigenvalue weighted by Gasteiger charge is -2.40. The average Bonchev–Trinajstić information content (AvgIpc) is 3.44. The van der Waals surface area contributed by atoms with E-state index in [-0.39, 0.29) is 52.4 Å². The van der Waals surface area contributed by atoms with Crippen LogP contribution in [0.2, 0.25) is 17.6 Å². The average molecular weight is 675 g/mol. The van der Waals surface area contributed by atoms with E-state index in [0.717, 1.165) is 12.5 Å². The van der Waals surface area contributed by atoms with Crippen molar-refractivity contribution in [3.05, 3.63) is 62.2 Å². The number of nitrogens with zero attached hydrogens (tertiary/aromatic N) is 2. The minimum atomic E-state index is -2.14. The van der Waals surface area contributed by atoms with Crippen LogP contribution in [0.4, 0.5) is 4.39 Å². The summed E-state index contributed by atoms with van der Waals surface area (Å²) in [5.41, 5.74) is 0.986. The Morgan fingerprint density at radius 1 is 1.20 bits per heavy atom. The fourth-order valence-corrected chi connectivity index (χ4v) is 8.92. The van der Waals surface area contributed by atoms with Crippen LogP contribution >= 0.6 is 11.6 Å². The minimum absolute atomic E-state index is 0.00637. The van der Waals surface area contributed by atoms with E-state index in [1.165, 1.54) is 14.2 Å². The van der Waals surface area contributed by atoms with Crippen molar-refractivity contribution in [2.45, 2.75) is 96.9 Å². The van der Waals surface area contributed by atoms with Gasteiger partial charge in [-0.15, -0.1) is 0 Å². The largest absolute Gasteiger partial charge is 0.496 e. The van der Waals surface area contributed by atoms with Gasteiger partial charge >= 0.3 is 5.97 Å². The van der Waals surface area contributed by atoms with Crippen LogP contribution < -0.4 is 10.2 Å². The Labute approximate surface area is 277 Å². The molecule has 1 amide bonds. The molecular weight excluding hydrogens is 627 g/mol. The molecule has 46 heavy (non-hydrogen) atoms. The molecule has 1 aliphatic carbocycles. The Hall–Kier alpha value is -2.95. The standard InChI is InChI=1S/C35H48ClFN2O6Si/c1-10-46(9,35(4,5)6)45-20-29(21(2)3)39-19-26(34(42)44-8)33(41)25-16-22(30(43-7)18-28(25)39)14-23-15-24(17-27(36)32(23)37)38-13-11-12-31(38)40/h16-19,21,24,29H,10-15,20H2,1-9H3/t24?,29-,46?/m1/s1. The van der Waals surface area contributed by atoms with Gasteiger partial charge in [-0.25, -0.2) is 9.18 Å². The second-order valence-corrected chi connectivity index (χ2v) is 19.3. The van der Waals surface area contributed by atoms with E-state index in [2.05, 4.69) is 48.1 Å². The number of esters is 1. The SMILES string of the molecule is CC[Si](C)(OC[C@H](C(C)C)n1cc(C(=O)OC)c(=O)c2cc(CC3=C(F)C(Cl)=CC(N4CCCC4=O)C3)c(OC)cc21)C(C)(C)C. The number of amides is 1. The van der Waals surface area contributed by atoms with Crippen molar-refractivity contribution < 1.29 is 27.9 Å². The summed E-state index contributed by atoms with van der Waals surface area (Å²) < 4.78 is 35.0. The summed E-state index contributed by atoms with van der Waals surface area (Å²) >= 11 is 6.35. The van der Waals surface area contributed by atoms with Gasteiger partial charge < -0.3 is 23.4 Å². The number of hydrogen-bond acceptors (Lipinski definition) is 6. The van der Waals surface area contributed by atoms with Gasteiger partial charge in [0.15, 0.2) is 8.32 Å². The Morgan fingerprint density at radius 2 is 1.89 bits per heavy atom. The molecule has 4 rings (SSSR count). The highest BCUT2D eigenvalue weighted by Gasteiger charge is 2.41. The molecule has 1 saturated heterocycles. The molecule has 2 heterocycles. The van der Waals surface area contributed by atoms with Gasteiger partial charge in [-0.05, 0) is 59.7 Å². The third-order valence-electron chi connectivity index (χ3n) is 10.0. The molecule has 1 fully saturated rings. The number of aromatic nitrogens is 1. The molecular formula is C35H48ClFN2O6Si. The summed E-state index contributed by atoms with van der Waals surface area (Å²) in [4.78, 5) is 41.0. The van der Waals surface area contributed by atoms with E-state index < -0.39 is 25.5 Å². The van der Waals surface area contributed by atoms with Crippen LogP contribution in [0.15, 0.2) is 45.6 Å². The molecule has 0 N–H and O–H groups in total. The van der Waals surface area contributed by atoms with Crippen molar-refractivity contribution in [3.63, 3.8) is 0 Å². The summed E-state index contributed by atoms with van der Waals surface area (Å²) in [6, 6.07) is 3.84. The molecule has 3 atom stereocenters. The summed E-state index contributed by atoms with van der Waals surface area (Å²) in [6.45, 7) is 16.2. The number of carbonyl (C=O) groups is 2. The van der Waals surface area contributed by atoms with Gasteiger partial charge in [0.2, 0.25) is 11.3 Å². The van der Waals surface area contributed by atoms with Gasteiger partial charge in [0.25, 0.3) is 0 Å². The second-order valence-electron chi connectivity index (χ2n) is 14.0. The molecule has 11 heteroatoms. The van der Waals surface area contributed by atoms with E-state index in [1.807, 2.05) is 4.57 Å². The number of methoxy groups -OCH3 is 2. The molecule has 1 aromatic carbocycles. The van der Waals surface area contributed by atoms with Gasteiger partial charge in [0.1, 0.15) is 17.1 Å². The number of halogens is 2. The third-order valence-corrected chi connectivity index (χ3v) is 15.6. The highest BCUT2D eigenvalue weighted by Crippen LogP contribution is 2.41. The van der Waals surface area contributed by atoms with Crippen molar-refractivity contribution in [3.8, 4) is 5.75 Å². The van der Waals surface area contributed by atoms with E-state index >= 15 is 4.39 Å². The molecule has 0 radical (unpaired) electrons. The Balaban J connectivity index is 1.84. The lowest BCUT2D eigenvalue weighted by molar-refractivity contribution is -0.128. The first-order chi connectivity index (χ1) is 21.6. The first kappa shape index (κ1) is 35.9. The summed E-state index contributed by atoms with van der Waals surface area (Å²) in [5, 5.41) is 0.269. The Morgan fingerprint density at radius 3 is 2.43 bits per heavy atom. The monoisotopic (exact) mass is 674 g/mol. The fourth-order valence-electron chi connectivity index (χ4n) is 6.40. The van der Waals surface area contributed by atoms with Gasteiger partial charge in [0, 0.05) is 37.0 Å². The quantitative estimate of drug-likeness (QED) is 0.179. The van der Waals surface area contributed by atoms with Crippen molar-refractivity contribution in [1.82, 2.24) is 9.47 Å². The highest BCUT2D eigenvalue weighted by atomic mass is 35.5. The molecule has 1 aromatic heterocycles. The number of ether oxygens (including phenoxy) is 2. The molecule has 0 saturated carbocycles. The number of hydrogen-bond donors (Lipinski definition) is 0. The van der Waals surface area contributed by atoms with Crippen LogP contribution in [0.5, 0.6) is 5.75 Å². The molecule has 8 nitrogen and oxygen atoms in total. The zero-order chi connectivity index (χ0) is 34.1. The van der Waals surface area contributed by atoms with Gasteiger partial charge in [-0.3, -0.25) is 9.59 Å². The van der Waals surface area contributed by atoms with Gasteiger partial charge in [-0.2, -0.15) is 0 Å². The zero-order valence-electron chi connectivity index (χ0n) is 28.6. The highest BCUT2D eigenvalue weighted by molar-refractivity contribution is 6.75. The van der Waals surface area contributed by atoms with E-state index in [9.17, 15) is 14.4 Å². The molecule has 0 bridgehead atoms. The number of fused-ring (bicyclic) bond motifs is 1. The van der Waals surface area contributed by atoms with Crippen LogP contribution in [0.1, 0.15) is 82.8 Å². The first-order valence-electron chi connectivity index (χ1n) is 16.1. The van der Waals surface area contributed by atoms with E-state index in [1.54, 1.807) is 29.3 Å². The van der Waals surface area contributed by atoms with Gasteiger partial charge in [-0.1, -0.05) is 53.1 Å². The van der Waals surface area contributed by atoms with Crippen LogP contribution in [0, 0.1) is 5.92 Å². The number of likely N-dealkylation sites (tertiary alicyclic amines) is 1. The lowest BCUT2D eigenvalue weighted by atomic mass is 9.91. The molecule has 2 aromatic rings. The van der Waals surface area contributed by atoms with E-state index in [4.69, 9.17) is 25.5 Å². The van der Waals surface area contributed by atoms with Crippen molar-refractivity contribution in [2.75, 3.05) is 27.4 Å². The topological polar surface area (TPSA) is 87.1 Å². The minimum Gasteiger partial charge on any atom is -0.496 e. The molecule has 2 unspecified atom stereocenters. The number of carbonyl (C=O) groups excluding carboxylic acids is 2. The Kier molecular flexibility index (Phi) is 11.0. The fraction of sp³-hybridized carbons (Fsp3) is 0.571.